The van der Waals surface area contributed by atoms with Crippen molar-refractivity contribution in [2.75, 3.05) is 0 Å². The summed E-state index contributed by atoms with van der Waals surface area (Å²) in [6.45, 7) is 8.72. The summed E-state index contributed by atoms with van der Waals surface area (Å²) in [5.41, 5.74) is -0.0837. The van der Waals surface area contributed by atoms with E-state index in [1.165, 1.54) is 0 Å². The summed E-state index contributed by atoms with van der Waals surface area (Å²) in [7, 11) is 0. The summed E-state index contributed by atoms with van der Waals surface area (Å²) < 4.78 is 0. The van der Waals surface area contributed by atoms with Crippen LogP contribution in [-0.2, 0) is 4.79 Å². The monoisotopic (exact) mass is 212 g/mol. The molecular formula is C13H24O2. The van der Waals surface area contributed by atoms with Crippen LogP contribution in [-0.4, -0.2) is 11.1 Å². The molecule has 1 aliphatic carbocycles. The molecule has 1 rings (SSSR count). The van der Waals surface area contributed by atoms with E-state index in [0.29, 0.717) is 11.3 Å². The summed E-state index contributed by atoms with van der Waals surface area (Å²) >= 11 is 0. The van der Waals surface area contributed by atoms with Gasteiger partial charge in [-0.15, -0.1) is 0 Å². The third-order valence-corrected chi connectivity index (χ3v) is 3.81. The van der Waals surface area contributed by atoms with Gasteiger partial charge >= 0.3 is 5.97 Å². The van der Waals surface area contributed by atoms with E-state index in [-0.39, 0.29) is 0 Å². The van der Waals surface area contributed by atoms with Crippen LogP contribution in [0.5, 0.6) is 0 Å². The van der Waals surface area contributed by atoms with Crippen LogP contribution in [0.25, 0.3) is 0 Å². The maximum absolute atomic E-state index is 11.4. The lowest BCUT2D eigenvalue weighted by atomic mass is 9.62. The SMILES string of the molecule is CC(C)CC1(C(=O)O)CCC(C)(C)CC1. The van der Waals surface area contributed by atoms with Gasteiger partial charge in [-0.05, 0) is 43.4 Å². The molecule has 1 N–H and O–H groups in total. The average molecular weight is 212 g/mol. The maximum Gasteiger partial charge on any atom is 0.309 e. The summed E-state index contributed by atoms with van der Waals surface area (Å²) in [6, 6.07) is 0. The van der Waals surface area contributed by atoms with Gasteiger partial charge in [0.15, 0.2) is 0 Å². The van der Waals surface area contributed by atoms with Crippen LogP contribution in [0.3, 0.4) is 0 Å². The Bertz CT molecular complexity index is 231. The summed E-state index contributed by atoms with van der Waals surface area (Å²) in [4.78, 5) is 11.4. The van der Waals surface area contributed by atoms with Crippen LogP contribution in [0.2, 0.25) is 0 Å². The Balaban J connectivity index is 2.73. The van der Waals surface area contributed by atoms with Crippen LogP contribution < -0.4 is 0 Å². The van der Waals surface area contributed by atoms with E-state index in [2.05, 4.69) is 27.7 Å². The van der Waals surface area contributed by atoms with Crippen LogP contribution in [0.15, 0.2) is 0 Å². The van der Waals surface area contributed by atoms with Gasteiger partial charge in [-0.2, -0.15) is 0 Å². The van der Waals surface area contributed by atoms with Crippen LogP contribution >= 0.6 is 0 Å². The van der Waals surface area contributed by atoms with E-state index < -0.39 is 11.4 Å². The van der Waals surface area contributed by atoms with Crippen LogP contribution in [0, 0.1) is 16.7 Å². The van der Waals surface area contributed by atoms with Crippen molar-refractivity contribution in [3.63, 3.8) is 0 Å². The van der Waals surface area contributed by atoms with Crippen molar-refractivity contribution in [1.82, 2.24) is 0 Å². The minimum absolute atomic E-state index is 0.343. The molecule has 2 heteroatoms. The predicted octanol–water partition coefficient (Wildman–Crippen LogP) is 3.70. The molecule has 0 aromatic carbocycles. The average Bonchev–Trinajstić information content (AvgIpc) is 2.08. The van der Waals surface area contributed by atoms with Gasteiger partial charge in [0.2, 0.25) is 0 Å². The van der Waals surface area contributed by atoms with Crippen molar-refractivity contribution in [2.45, 2.75) is 59.8 Å². The Morgan fingerprint density at radius 1 is 1.20 bits per heavy atom. The molecular weight excluding hydrogens is 188 g/mol. The Kier molecular flexibility index (Phi) is 3.47. The Labute approximate surface area is 93.1 Å². The first-order valence-corrected chi connectivity index (χ1v) is 6.01. The number of hydrogen-bond donors (Lipinski definition) is 1. The van der Waals surface area contributed by atoms with Crippen molar-refractivity contribution in [3.05, 3.63) is 0 Å². The molecule has 0 radical (unpaired) electrons. The smallest absolute Gasteiger partial charge is 0.309 e. The zero-order chi connectivity index (χ0) is 11.7. The van der Waals surface area contributed by atoms with Gasteiger partial charge in [0.05, 0.1) is 5.41 Å². The topological polar surface area (TPSA) is 37.3 Å². The molecule has 2 nitrogen and oxygen atoms in total. The Hall–Kier alpha value is -0.530. The molecule has 0 unspecified atom stereocenters. The van der Waals surface area contributed by atoms with E-state index in [0.717, 1.165) is 32.1 Å². The van der Waals surface area contributed by atoms with Crippen molar-refractivity contribution in [1.29, 1.82) is 0 Å². The van der Waals surface area contributed by atoms with Crippen LogP contribution in [0.4, 0.5) is 0 Å². The molecule has 0 aromatic heterocycles. The van der Waals surface area contributed by atoms with Gasteiger partial charge < -0.3 is 5.11 Å². The minimum Gasteiger partial charge on any atom is -0.481 e. The van der Waals surface area contributed by atoms with Crippen molar-refractivity contribution >= 4 is 5.97 Å². The molecule has 0 aliphatic heterocycles. The molecule has 88 valence electrons. The molecule has 0 heterocycles. The standard InChI is InChI=1S/C13H24O2/c1-10(2)9-13(11(14)15)7-5-12(3,4)6-8-13/h10H,5-9H2,1-4H3,(H,14,15). The summed E-state index contributed by atoms with van der Waals surface area (Å²) in [5.74, 6) is -0.103. The Morgan fingerprint density at radius 2 is 1.67 bits per heavy atom. The first-order chi connectivity index (χ1) is 6.77. The largest absolute Gasteiger partial charge is 0.481 e. The normalized spacial score (nSPS) is 24.1. The van der Waals surface area contributed by atoms with Gasteiger partial charge in [-0.1, -0.05) is 27.7 Å². The third-order valence-electron chi connectivity index (χ3n) is 3.81. The quantitative estimate of drug-likeness (QED) is 0.774. The van der Waals surface area contributed by atoms with E-state index in [9.17, 15) is 9.90 Å². The van der Waals surface area contributed by atoms with Crippen molar-refractivity contribution < 1.29 is 9.90 Å². The van der Waals surface area contributed by atoms with Gasteiger partial charge in [-0.3, -0.25) is 4.79 Å². The maximum atomic E-state index is 11.4. The number of hydrogen-bond acceptors (Lipinski definition) is 1. The fourth-order valence-corrected chi connectivity index (χ4v) is 2.69. The molecule has 0 saturated heterocycles. The second-order valence-corrected chi connectivity index (χ2v) is 6.35. The van der Waals surface area contributed by atoms with E-state index >= 15 is 0 Å². The zero-order valence-corrected chi connectivity index (χ0v) is 10.5. The number of carboxylic acids is 1. The summed E-state index contributed by atoms with van der Waals surface area (Å²) in [6.07, 6.45) is 4.64. The molecule has 0 amide bonds. The summed E-state index contributed by atoms with van der Waals surface area (Å²) in [5, 5.41) is 9.41. The highest BCUT2D eigenvalue weighted by molar-refractivity contribution is 5.74. The number of carbonyl (C=O) groups is 1. The van der Waals surface area contributed by atoms with Crippen molar-refractivity contribution in [3.8, 4) is 0 Å². The zero-order valence-electron chi connectivity index (χ0n) is 10.5. The highest BCUT2D eigenvalue weighted by Crippen LogP contribution is 2.48. The third kappa shape index (κ3) is 2.96. The minimum atomic E-state index is -0.577. The van der Waals surface area contributed by atoms with E-state index in [1.807, 2.05) is 0 Å². The second-order valence-electron chi connectivity index (χ2n) is 6.35. The molecule has 15 heavy (non-hydrogen) atoms. The number of carboxylic acid groups (broad SMARTS) is 1. The highest BCUT2D eigenvalue weighted by Gasteiger charge is 2.44. The lowest BCUT2D eigenvalue weighted by Gasteiger charge is -2.41. The van der Waals surface area contributed by atoms with E-state index in [1.54, 1.807) is 0 Å². The number of rotatable bonds is 3. The Morgan fingerprint density at radius 3 is 2.00 bits per heavy atom. The van der Waals surface area contributed by atoms with Crippen LogP contribution in [0.1, 0.15) is 59.8 Å². The molecule has 1 saturated carbocycles. The fraction of sp³-hybridized carbons (Fsp3) is 0.923. The van der Waals surface area contributed by atoms with Gasteiger partial charge in [-0.25, -0.2) is 0 Å². The van der Waals surface area contributed by atoms with Gasteiger partial charge in [0.1, 0.15) is 0 Å². The van der Waals surface area contributed by atoms with Gasteiger partial charge in [0, 0.05) is 0 Å². The molecule has 0 bridgehead atoms. The van der Waals surface area contributed by atoms with Crippen molar-refractivity contribution in [2.24, 2.45) is 16.7 Å². The first-order valence-electron chi connectivity index (χ1n) is 6.01. The molecule has 0 aromatic rings. The lowest BCUT2D eigenvalue weighted by molar-refractivity contribution is -0.153. The second kappa shape index (κ2) is 4.15. The lowest BCUT2D eigenvalue weighted by Crippen LogP contribution is -2.38. The van der Waals surface area contributed by atoms with E-state index in [4.69, 9.17) is 0 Å². The number of aliphatic carboxylic acids is 1. The molecule has 0 spiro atoms. The predicted molar refractivity (Wildman–Crippen MR) is 61.8 cm³/mol. The first kappa shape index (κ1) is 12.5. The molecule has 1 aliphatic rings. The highest BCUT2D eigenvalue weighted by atomic mass is 16.4. The molecule has 1 fully saturated rings. The van der Waals surface area contributed by atoms with Gasteiger partial charge in [0.25, 0.3) is 0 Å². The fourth-order valence-electron chi connectivity index (χ4n) is 2.69. The molecule has 0 atom stereocenters.